The van der Waals surface area contributed by atoms with Crippen LogP contribution in [0.25, 0.3) is 0 Å². The van der Waals surface area contributed by atoms with E-state index in [0.29, 0.717) is 4.99 Å². The molecule has 0 atom stereocenters. The lowest BCUT2D eigenvalue weighted by Gasteiger charge is -2.15. The number of hydrogen-bond acceptors (Lipinski definition) is 3. The smallest absolute Gasteiger partial charge is 0.0740 e. The van der Waals surface area contributed by atoms with Crippen molar-refractivity contribution in [3.63, 3.8) is 0 Å². The van der Waals surface area contributed by atoms with Gasteiger partial charge in [-0.15, -0.1) is 0 Å². The lowest BCUT2D eigenvalue weighted by molar-refractivity contribution is 0.265. The van der Waals surface area contributed by atoms with Gasteiger partial charge in [0.2, 0.25) is 0 Å². The van der Waals surface area contributed by atoms with E-state index in [2.05, 4.69) is 4.90 Å². The fourth-order valence-corrected chi connectivity index (χ4v) is 0.998. The predicted molar refractivity (Wildman–Crippen MR) is 55.2 cm³/mol. The second kappa shape index (κ2) is 7.46. The third kappa shape index (κ3) is 7.91. The first-order valence-corrected chi connectivity index (χ1v) is 4.65. The Kier molecular flexibility index (Phi) is 7.34. The van der Waals surface area contributed by atoms with Crippen molar-refractivity contribution in [1.82, 2.24) is 4.90 Å². The van der Waals surface area contributed by atoms with Gasteiger partial charge in [-0.1, -0.05) is 12.2 Å². The molecule has 0 aliphatic heterocycles. The van der Waals surface area contributed by atoms with Crippen LogP contribution in [-0.4, -0.2) is 41.7 Å². The number of nitrogens with zero attached hydrogens (tertiary/aromatic N) is 1. The first-order valence-electron chi connectivity index (χ1n) is 4.24. The standard InChI is InChI=1S/C8H18N2OS/c1-10(5-2-3-7-11)6-4-8(9)12/h11H,2-7H2,1H3,(H2,9,12). The van der Waals surface area contributed by atoms with E-state index in [4.69, 9.17) is 23.1 Å². The lowest BCUT2D eigenvalue weighted by Crippen LogP contribution is -2.24. The van der Waals surface area contributed by atoms with Gasteiger partial charge in [-0.05, 0) is 26.4 Å². The van der Waals surface area contributed by atoms with Gasteiger partial charge in [0.15, 0.2) is 0 Å². The highest BCUT2D eigenvalue weighted by Gasteiger charge is 1.98. The summed E-state index contributed by atoms with van der Waals surface area (Å²) < 4.78 is 0. The van der Waals surface area contributed by atoms with E-state index in [1.165, 1.54) is 0 Å². The van der Waals surface area contributed by atoms with E-state index in [-0.39, 0.29) is 6.61 Å². The minimum atomic E-state index is 0.281. The van der Waals surface area contributed by atoms with Gasteiger partial charge < -0.3 is 15.7 Å². The van der Waals surface area contributed by atoms with Crippen LogP contribution >= 0.6 is 12.2 Å². The molecule has 0 radical (unpaired) electrons. The van der Waals surface area contributed by atoms with E-state index in [0.717, 1.165) is 32.4 Å². The summed E-state index contributed by atoms with van der Waals surface area (Å²) in [7, 11) is 2.04. The molecule has 0 aliphatic rings. The Bertz CT molecular complexity index is 130. The van der Waals surface area contributed by atoms with Crippen molar-refractivity contribution < 1.29 is 5.11 Å². The first-order chi connectivity index (χ1) is 5.66. The van der Waals surface area contributed by atoms with E-state index in [1.807, 2.05) is 7.05 Å². The summed E-state index contributed by atoms with van der Waals surface area (Å²) in [6.07, 6.45) is 2.69. The van der Waals surface area contributed by atoms with Gasteiger partial charge in [-0.3, -0.25) is 0 Å². The molecule has 0 saturated heterocycles. The normalized spacial score (nSPS) is 10.6. The van der Waals surface area contributed by atoms with Crippen LogP contribution in [-0.2, 0) is 0 Å². The van der Waals surface area contributed by atoms with Crippen LogP contribution in [0.2, 0.25) is 0 Å². The lowest BCUT2D eigenvalue weighted by atomic mass is 10.3. The van der Waals surface area contributed by atoms with Crippen LogP contribution in [0.15, 0.2) is 0 Å². The molecular weight excluding hydrogens is 172 g/mol. The molecule has 0 unspecified atom stereocenters. The zero-order valence-electron chi connectivity index (χ0n) is 7.62. The fraction of sp³-hybridized carbons (Fsp3) is 0.875. The number of rotatable bonds is 7. The van der Waals surface area contributed by atoms with E-state index in [9.17, 15) is 0 Å². The average molecular weight is 190 g/mol. The number of nitrogens with two attached hydrogens (primary N) is 1. The summed E-state index contributed by atoms with van der Waals surface area (Å²) in [5.41, 5.74) is 5.36. The quantitative estimate of drug-likeness (QED) is 0.450. The molecule has 0 aromatic carbocycles. The van der Waals surface area contributed by atoms with Crippen LogP contribution in [0.3, 0.4) is 0 Å². The van der Waals surface area contributed by atoms with E-state index >= 15 is 0 Å². The van der Waals surface area contributed by atoms with Crippen LogP contribution in [0, 0.1) is 0 Å². The van der Waals surface area contributed by atoms with Gasteiger partial charge in [0.1, 0.15) is 0 Å². The average Bonchev–Trinajstić information content (AvgIpc) is 2.01. The first kappa shape index (κ1) is 11.8. The Morgan fingerprint density at radius 3 is 2.58 bits per heavy atom. The minimum Gasteiger partial charge on any atom is -0.396 e. The summed E-state index contributed by atoms with van der Waals surface area (Å²) in [5.74, 6) is 0. The summed E-state index contributed by atoms with van der Waals surface area (Å²) in [6, 6.07) is 0. The molecule has 0 fully saturated rings. The highest BCUT2D eigenvalue weighted by atomic mass is 32.1. The van der Waals surface area contributed by atoms with Crippen molar-refractivity contribution in [1.29, 1.82) is 0 Å². The van der Waals surface area contributed by atoms with Crippen LogP contribution in [0.5, 0.6) is 0 Å². The van der Waals surface area contributed by atoms with Crippen molar-refractivity contribution in [2.45, 2.75) is 19.3 Å². The van der Waals surface area contributed by atoms with Gasteiger partial charge in [0.25, 0.3) is 0 Å². The molecule has 0 bridgehead atoms. The molecule has 4 heteroatoms. The summed E-state index contributed by atoms with van der Waals surface area (Å²) >= 11 is 4.76. The Hall–Kier alpha value is -0.190. The summed E-state index contributed by atoms with van der Waals surface area (Å²) in [4.78, 5) is 2.75. The molecule has 0 rings (SSSR count). The Balaban J connectivity index is 3.21. The van der Waals surface area contributed by atoms with Crippen molar-refractivity contribution in [2.24, 2.45) is 5.73 Å². The Morgan fingerprint density at radius 2 is 2.08 bits per heavy atom. The number of aliphatic hydroxyl groups is 1. The van der Waals surface area contributed by atoms with Crippen LogP contribution in [0.1, 0.15) is 19.3 Å². The Labute approximate surface area is 79.5 Å². The molecular formula is C8H18N2OS. The Morgan fingerprint density at radius 1 is 1.42 bits per heavy atom. The predicted octanol–water partition coefficient (Wildman–Crippen LogP) is 0.367. The van der Waals surface area contributed by atoms with Crippen molar-refractivity contribution >= 4 is 17.2 Å². The number of aliphatic hydroxyl groups excluding tert-OH is 1. The van der Waals surface area contributed by atoms with Gasteiger partial charge in [0.05, 0.1) is 4.99 Å². The third-order valence-corrected chi connectivity index (χ3v) is 1.89. The molecule has 0 aliphatic carbocycles. The largest absolute Gasteiger partial charge is 0.396 e. The molecule has 0 spiro atoms. The van der Waals surface area contributed by atoms with Gasteiger partial charge in [-0.25, -0.2) is 0 Å². The minimum absolute atomic E-state index is 0.281. The van der Waals surface area contributed by atoms with Gasteiger partial charge >= 0.3 is 0 Å². The van der Waals surface area contributed by atoms with Crippen molar-refractivity contribution in [3.8, 4) is 0 Å². The SMILES string of the molecule is CN(CCCCO)CCC(N)=S. The van der Waals surface area contributed by atoms with Crippen LogP contribution in [0.4, 0.5) is 0 Å². The number of unbranched alkanes of at least 4 members (excludes halogenated alkanes) is 1. The van der Waals surface area contributed by atoms with Gasteiger partial charge in [-0.2, -0.15) is 0 Å². The van der Waals surface area contributed by atoms with E-state index < -0.39 is 0 Å². The maximum absolute atomic E-state index is 8.54. The topological polar surface area (TPSA) is 49.5 Å². The molecule has 0 heterocycles. The van der Waals surface area contributed by atoms with Crippen molar-refractivity contribution in [3.05, 3.63) is 0 Å². The molecule has 72 valence electrons. The molecule has 0 saturated carbocycles. The molecule has 3 N–H and O–H groups in total. The fourth-order valence-electron chi connectivity index (χ4n) is 0.906. The molecule has 0 aromatic rings. The van der Waals surface area contributed by atoms with E-state index in [1.54, 1.807) is 0 Å². The molecule has 3 nitrogen and oxygen atoms in total. The van der Waals surface area contributed by atoms with Crippen LogP contribution < -0.4 is 5.73 Å². The highest BCUT2D eigenvalue weighted by molar-refractivity contribution is 7.80. The highest BCUT2D eigenvalue weighted by Crippen LogP contribution is 1.93. The third-order valence-electron chi connectivity index (χ3n) is 1.69. The maximum Gasteiger partial charge on any atom is 0.0740 e. The monoisotopic (exact) mass is 190 g/mol. The maximum atomic E-state index is 8.54. The second-order valence-electron chi connectivity index (χ2n) is 2.95. The second-order valence-corrected chi connectivity index (χ2v) is 3.47. The molecule has 0 aromatic heterocycles. The van der Waals surface area contributed by atoms with Gasteiger partial charge in [0, 0.05) is 19.6 Å². The number of hydrogen-bond donors (Lipinski definition) is 2. The summed E-state index contributed by atoms with van der Waals surface area (Å²) in [5, 5.41) is 8.54. The summed E-state index contributed by atoms with van der Waals surface area (Å²) in [6.45, 7) is 2.20. The molecule has 0 amide bonds. The molecule has 12 heavy (non-hydrogen) atoms. The van der Waals surface area contributed by atoms with Crippen molar-refractivity contribution in [2.75, 3.05) is 26.7 Å². The number of thiocarbonyl (C=S) groups is 1. The zero-order chi connectivity index (χ0) is 9.40. The zero-order valence-corrected chi connectivity index (χ0v) is 8.44.